The van der Waals surface area contributed by atoms with Crippen molar-refractivity contribution >= 4 is 22.9 Å². The summed E-state index contributed by atoms with van der Waals surface area (Å²) in [5.74, 6) is 1.22. The highest BCUT2D eigenvalue weighted by Gasteiger charge is 2.33. The maximum atomic E-state index is 11.7. The Bertz CT molecular complexity index is 442. The predicted octanol–water partition coefficient (Wildman–Crippen LogP) is 1.62. The van der Waals surface area contributed by atoms with E-state index in [4.69, 9.17) is 0 Å². The Kier molecular flexibility index (Phi) is 2.35. The third kappa shape index (κ3) is 1.63. The minimum Gasteiger partial charge on any atom is -0.312 e. The van der Waals surface area contributed by atoms with Crippen LogP contribution in [-0.2, 0) is 6.54 Å². The zero-order valence-electron chi connectivity index (χ0n) is 8.40. The molecule has 2 aliphatic rings. The van der Waals surface area contributed by atoms with Gasteiger partial charge in [-0.3, -0.25) is 4.79 Å². The number of hydrogen-bond donors (Lipinski definition) is 0. The summed E-state index contributed by atoms with van der Waals surface area (Å²) in [5.41, 5.74) is 1.41. The molecule has 2 aliphatic heterocycles. The van der Waals surface area contributed by atoms with E-state index in [1.54, 1.807) is 6.07 Å². The molecule has 2 bridgehead atoms. The van der Waals surface area contributed by atoms with Gasteiger partial charge < -0.3 is 4.57 Å². The van der Waals surface area contributed by atoms with Gasteiger partial charge in [-0.05, 0) is 18.4 Å². The molecule has 1 fully saturated rings. The summed E-state index contributed by atoms with van der Waals surface area (Å²) in [6.45, 7) is 3.11. The quantitative estimate of drug-likeness (QED) is 0.537. The highest BCUT2D eigenvalue weighted by atomic mass is 127. The van der Waals surface area contributed by atoms with E-state index >= 15 is 0 Å². The lowest BCUT2D eigenvalue weighted by molar-refractivity contribution is 0.209. The lowest BCUT2D eigenvalue weighted by atomic mass is 9.84. The van der Waals surface area contributed by atoms with Crippen LogP contribution in [0.15, 0.2) is 23.0 Å². The summed E-state index contributed by atoms with van der Waals surface area (Å²) < 4.78 is 4.33. The van der Waals surface area contributed by atoms with E-state index in [0.717, 1.165) is 19.6 Å². The first kappa shape index (κ1) is 9.84. The molecule has 0 spiro atoms. The molecule has 3 heterocycles. The van der Waals surface area contributed by atoms with Crippen LogP contribution >= 0.6 is 22.9 Å². The minimum atomic E-state index is 0.170. The van der Waals surface area contributed by atoms with Crippen LogP contribution in [0.2, 0.25) is 0 Å². The maximum Gasteiger partial charge on any atom is 0.250 e. The number of pyridine rings is 1. The van der Waals surface area contributed by atoms with Gasteiger partial charge in [0, 0.05) is 60.2 Å². The Morgan fingerprint density at radius 3 is 3.00 bits per heavy atom. The van der Waals surface area contributed by atoms with Gasteiger partial charge in [0.2, 0.25) is 0 Å². The highest BCUT2D eigenvalue weighted by Crippen LogP contribution is 2.35. The summed E-state index contributed by atoms with van der Waals surface area (Å²) in [6, 6.07) is 5.67. The smallest absolute Gasteiger partial charge is 0.250 e. The summed E-state index contributed by atoms with van der Waals surface area (Å²) in [6.07, 6.45) is 1.25. The van der Waals surface area contributed by atoms with Gasteiger partial charge in [-0.2, -0.15) is 0 Å². The monoisotopic (exact) mass is 316 g/mol. The van der Waals surface area contributed by atoms with E-state index in [-0.39, 0.29) is 5.56 Å². The molecule has 15 heavy (non-hydrogen) atoms. The van der Waals surface area contributed by atoms with Crippen LogP contribution in [0.3, 0.4) is 0 Å². The number of piperidine rings is 1. The van der Waals surface area contributed by atoms with Gasteiger partial charge in [-0.15, -0.1) is 0 Å². The fourth-order valence-corrected chi connectivity index (χ4v) is 3.87. The van der Waals surface area contributed by atoms with Crippen molar-refractivity contribution in [1.82, 2.24) is 7.68 Å². The van der Waals surface area contributed by atoms with Crippen molar-refractivity contribution in [2.75, 3.05) is 13.1 Å². The van der Waals surface area contributed by atoms with Crippen molar-refractivity contribution in [3.8, 4) is 0 Å². The van der Waals surface area contributed by atoms with Gasteiger partial charge in [0.05, 0.1) is 0 Å². The van der Waals surface area contributed by atoms with E-state index in [1.807, 2.05) is 10.6 Å². The van der Waals surface area contributed by atoms with Crippen molar-refractivity contribution in [3.63, 3.8) is 0 Å². The Morgan fingerprint density at radius 2 is 2.13 bits per heavy atom. The second-order valence-electron chi connectivity index (χ2n) is 4.53. The Labute approximate surface area is 103 Å². The second-order valence-corrected chi connectivity index (χ2v) is 5.89. The summed E-state index contributed by atoms with van der Waals surface area (Å²) >= 11 is 2.40. The molecule has 0 radical (unpaired) electrons. The predicted molar refractivity (Wildman–Crippen MR) is 67.1 cm³/mol. The molecule has 2 atom stereocenters. The van der Waals surface area contributed by atoms with Crippen LogP contribution in [0.5, 0.6) is 0 Å². The Hall–Kier alpha value is -0.360. The molecule has 1 aromatic heterocycles. The van der Waals surface area contributed by atoms with Gasteiger partial charge in [0.1, 0.15) is 0 Å². The zero-order valence-corrected chi connectivity index (χ0v) is 10.6. The minimum absolute atomic E-state index is 0.170. The normalized spacial score (nSPS) is 29.9. The van der Waals surface area contributed by atoms with Crippen LogP contribution in [0, 0.1) is 5.92 Å². The molecule has 1 aromatic rings. The van der Waals surface area contributed by atoms with E-state index in [0.29, 0.717) is 11.8 Å². The molecule has 0 amide bonds. The van der Waals surface area contributed by atoms with Crippen LogP contribution < -0.4 is 5.56 Å². The highest BCUT2D eigenvalue weighted by molar-refractivity contribution is 14.1. The number of aromatic nitrogens is 1. The number of hydrogen-bond acceptors (Lipinski definition) is 2. The molecule has 0 N–H and O–H groups in total. The molecule has 0 saturated carbocycles. The second kappa shape index (κ2) is 3.59. The third-order valence-corrected chi connectivity index (χ3v) is 4.22. The molecule has 2 unspecified atom stereocenters. The molecule has 3 rings (SSSR count). The SMILES string of the molecule is O=c1cccc2n1CC1CC2CN(I)C1. The van der Waals surface area contributed by atoms with Crippen molar-refractivity contribution < 1.29 is 0 Å². The molecule has 80 valence electrons. The average molecular weight is 316 g/mol. The molecule has 1 saturated heterocycles. The van der Waals surface area contributed by atoms with E-state index < -0.39 is 0 Å². The van der Waals surface area contributed by atoms with Crippen molar-refractivity contribution in [2.45, 2.75) is 18.9 Å². The Morgan fingerprint density at radius 1 is 1.27 bits per heavy atom. The maximum absolute atomic E-state index is 11.7. The first-order valence-corrected chi connectivity index (χ1v) is 6.31. The van der Waals surface area contributed by atoms with Gasteiger partial charge in [0.15, 0.2) is 0 Å². The van der Waals surface area contributed by atoms with E-state index in [9.17, 15) is 4.79 Å². The Balaban J connectivity index is 2.10. The lowest BCUT2D eigenvalue weighted by Gasteiger charge is -2.40. The first-order chi connectivity index (χ1) is 7.24. The van der Waals surface area contributed by atoms with Crippen molar-refractivity contribution in [2.24, 2.45) is 5.92 Å². The van der Waals surface area contributed by atoms with Gasteiger partial charge >= 0.3 is 0 Å². The third-order valence-electron chi connectivity index (χ3n) is 3.44. The number of nitrogens with zero attached hydrogens (tertiary/aromatic N) is 2. The standard InChI is InChI=1S/C11H13IN2O/c12-13-5-8-4-9(7-13)10-2-1-3-11(15)14(10)6-8/h1-3,8-9H,4-7H2. The lowest BCUT2D eigenvalue weighted by Crippen LogP contribution is -2.43. The fraction of sp³-hybridized carbons (Fsp3) is 0.545. The summed E-state index contributed by atoms with van der Waals surface area (Å²) in [5, 5.41) is 0. The number of fused-ring (bicyclic) bond motifs is 4. The molecule has 4 heteroatoms. The number of rotatable bonds is 0. The van der Waals surface area contributed by atoms with E-state index in [2.05, 4.69) is 32.0 Å². The molecular weight excluding hydrogens is 303 g/mol. The van der Waals surface area contributed by atoms with Crippen LogP contribution in [0.25, 0.3) is 0 Å². The van der Waals surface area contributed by atoms with Crippen molar-refractivity contribution in [1.29, 1.82) is 0 Å². The molecule has 3 nitrogen and oxygen atoms in total. The fourth-order valence-electron chi connectivity index (χ4n) is 2.84. The summed E-state index contributed by atoms with van der Waals surface area (Å²) in [4.78, 5) is 11.7. The molecular formula is C11H13IN2O. The van der Waals surface area contributed by atoms with E-state index in [1.165, 1.54) is 12.1 Å². The van der Waals surface area contributed by atoms with Gasteiger partial charge in [-0.1, -0.05) is 6.07 Å². The van der Waals surface area contributed by atoms with Gasteiger partial charge in [-0.25, -0.2) is 3.11 Å². The van der Waals surface area contributed by atoms with Gasteiger partial charge in [0.25, 0.3) is 5.56 Å². The van der Waals surface area contributed by atoms with Crippen LogP contribution in [-0.4, -0.2) is 20.8 Å². The topological polar surface area (TPSA) is 25.2 Å². The largest absolute Gasteiger partial charge is 0.312 e. The number of halogens is 1. The van der Waals surface area contributed by atoms with Crippen LogP contribution in [0.1, 0.15) is 18.0 Å². The van der Waals surface area contributed by atoms with Crippen LogP contribution in [0.4, 0.5) is 0 Å². The zero-order chi connectivity index (χ0) is 10.4. The summed E-state index contributed by atoms with van der Waals surface area (Å²) in [7, 11) is 0. The molecule has 0 aromatic carbocycles. The molecule has 0 aliphatic carbocycles. The van der Waals surface area contributed by atoms with Crippen molar-refractivity contribution in [3.05, 3.63) is 34.2 Å². The first-order valence-electron chi connectivity index (χ1n) is 5.34. The average Bonchev–Trinajstić information content (AvgIpc) is 2.19.